The molecule has 0 radical (unpaired) electrons. The molecule has 2 unspecified atom stereocenters. The summed E-state index contributed by atoms with van der Waals surface area (Å²) in [6.45, 7) is 2.20. The second-order valence-corrected chi connectivity index (χ2v) is 5.78. The summed E-state index contributed by atoms with van der Waals surface area (Å²) in [6.07, 6.45) is 7.24. The van der Waals surface area contributed by atoms with Crippen LogP contribution in [0, 0.1) is 11.7 Å². The third-order valence-corrected chi connectivity index (χ3v) is 4.24. The van der Waals surface area contributed by atoms with E-state index >= 15 is 0 Å². The third-order valence-electron chi connectivity index (χ3n) is 4.24. The van der Waals surface area contributed by atoms with E-state index in [2.05, 4.69) is 12.2 Å². The average Bonchev–Trinajstić information content (AvgIpc) is 2.86. The van der Waals surface area contributed by atoms with Gasteiger partial charge in [0.25, 0.3) is 0 Å². The summed E-state index contributed by atoms with van der Waals surface area (Å²) in [5.74, 6) is 0.264. The van der Waals surface area contributed by atoms with Gasteiger partial charge in [-0.2, -0.15) is 0 Å². The molecule has 0 aromatic heterocycles. The van der Waals surface area contributed by atoms with E-state index in [-0.39, 0.29) is 18.1 Å². The summed E-state index contributed by atoms with van der Waals surface area (Å²) in [4.78, 5) is 12.1. The van der Waals surface area contributed by atoms with E-state index < -0.39 is 0 Å². The van der Waals surface area contributed by atoms with Crippen molar-refractivity contribution in [1.82, 2.24) is 5.32 Å². The van der Waals surface area contributed by atoms with Gasteiger partial charge in [0.05, 0.1) is 6.42 Å². The van der Waals surface area contributed by atoms with Crippen molar-refractivity contribution >= 4 is 5.91 Å². The highest BCUT2D eigenvalue weighted by Gasteiger charge is 2.27. The highest BCUT2D eigenvalue weighted by molar-refractivity contribution is 5.79. The molecule has 1 aromatic rings. The van der Waals surface area contributed by atoms with Gasteiger partial charge in [-0.15, -0.1) is 0 Å². The standard InChI is InChI=1S/C17H24FNO/c1-2-3-7-13-9-6-11-16(13)19-17(20)12-14-8-4-5-10-15(14)18/h4-5,8,10,13,16H,2-3,6-7,9,11-12H2,1H3,(H,19,20). The maximum absolute atomic E-state index is 13.5. The molecule has 3 heteroatoms. The number of unbranched alkanes of at least 4 members (excludes halogenated alkanes) is 1. The molecule has 1 fully saturated rings. The van der Waals surface area contributed by atoms with Crippen molar-refractivity contribution in [3.63, 3.8) is 0 Å². The number of hydrogen-bond donors (Lipinski definition) is 1. The monoisotopic (exact) mass is 277 g/mol. The van der Waals surface area contributed by atoms with E-state index in [9.17, 15) is 9.18 Å². The highest BCUT2D eigenvalue weighted by atomic mass is 19.1. The second kappa shape index (κ2) is 7.41. The Hall–Kier alpha value is -1.38. The van der Waals surface area contributed by atoms with Crippen LogP contribution in [0.1, 0.15) is 51.0 Å². The van der Waals surface area contributed by atoms with Gasteiger partial charge in [-0.1, -0.05) is 44.4 Å². The predicted octanol–water partition coefficient (Wildman–Crippen LogP) is 3.84. The lowest BCUT2D eigenvalue weighted by Gasteiger charge is -2.21. The van der Waals surface area contributed by atoms with Crippen molar-refractivity contribution in [2.24, 2.45) is 5.92 Å². The van der Waals surface area contributed by atoms with Gasteiger partial charge in [0.15, 0.2) is 0 Å². The molecule has 2 atom stereocenters. The van der Waals surface area contributed by atoms with Gasteiger partial charge < -0.3 is 5.32 Å². The molecular weight excluding hydrogens is 253 g/mol. The predicted molar refractivity (Wildman–Crippen MR) is 78.9 cm³/mol. The number of hydrogen-bond acceptors (Lipinski definition) is 1. The molecule has 20 heavy (non-hydrogen) atoms. The van der Waals surface area contributed by atoms with Crippen molar-refractivity contribution in [2.75, 3.05) is 0 Å². The maximum atomic E-state index is 13.5. The van der Waals surface area contributed by atoms with E-state index in [0.29, 0.717) is 17.5 Å². The number of carbonyl (C=O) groups is 1. The summed E-state index contributed by atoms with van der Waals surface area (Å²) in [5.41, 5.74) is 0.480. The molecule has 0 aliphatic heterocycles. The number of halogens is 1. The first-order valence-corrected chi connectivity index (χ1v) is 7.73. The first-order chi connectivity index (χ1) is 9.70. The molecule has 1 saturated carbocycles. The second-order valence-electron chi connectivity index (χ2n) is 5.78. The Morgan fingerprint density at radius 1 is 1.35 bits per heavy atom. The number of amides is 1. The largest absolute Gasteiger partial charge is 0.353 e. The molecule has 1 amide bonds. The Balaban J connectivity index is 1.86. The Kier molecular flexibility index (Phi) is 5.57. The lowest BCUT2D eigenvalue weighted by molar-refractivity contribution is -0.121. The van der Waals surface area contributed by atoms with Crippen LogP contribution in [0.25, 0.3) is 0 Å². The van der Waals surface area contributed by atoms with Crippen molar-refractivity contribution < 1.29 is 9.18 Å². The quantitative estimate of drug-likeness (QED) is 0.841. The van der Waals surface area contributed by atoms with Crippen LogP contribution in [0.3, 0.4) is 0 Å². The van der Waals surface area contributed by atoms with Crippen molar-refractivity contribution in [2.45, 2.75) is 57.9 Å². The number of carbonyl (C=O) groups excluding carboxylic acids is 1. The van der Waals surface area contributed by atoms with Crippen molar-refractivity contribution in [3.05, 3.63) is 35.6 Å². The molecule has 0 saturated heterocycles. The van der Waals surface area contributed by atoms with Gasteiger partial charge in [-0.3, -0.25) is 4.79 Å². The molecule has 1 aliphatic rings. The van der Waals surface area contributed by atoms with Crippen LogP contribution >= 0.6 is 0 Å². The molecule has 0 spiro atoms. The first-order valence-electron chi connectivity index (χ1n) is 7.73. The first kappa shape index (κ1) is 15.0. The zero-order valence-electron chi connectivity index (χ0n) is 12.2. The molecule has 1 aliphatic carbocycles. The Morgan fingerprint density at radius 3 is 2.90 bits per heavy atom. The van der Waals surface area contributed by atoms with Crippen molar-refractivity contribution in [1.29, 1.82) is 0 Å². The summed E-state index contributed by atoms with van der Waals surface area (Å²) in [7, 11) is 0. The zero-order chi connectivity index (χ0) is 14.4. The molecule has 110 valence electrons. The molecule has 0 heterocycles. The topological polar surface area (TPSA) is 29.1 Å². The minimum atomic E-state index is -0.295. The van der Waals surface area contributed by atoms with Crippen LogP contribution in [0.15, 0.2) is 24.3 Å². The van der Waals surface area contributed by atoms with E-state index in [1.54, 1.807) is 18.2 Å². The van der Waals surface area contributed by atoms with Crippen LogP contribution in [0.2, 0.25) is 0 Å². The number of rotatable bonds is 6. The highest BCUT2D eigenvalue weighted by Crippen LogP contribution is 2.29. The SMILES string of the molecule is CCCCC1CCCC1NC(=O)Cc1ccccc1F. The van der Waals surface area contributed by atoms with Gasteiger partial charge in [-0.05, 0) is 36.8 Å². The van der Waals surface area contributed by atoms with Crippen molar-refractivity contribution in [3.8, 4) is 0 Å². The van der Waals surface area contributed by atoms with Gasteiger partial charge in [0, 0.05) is 6.04 Å². The average molecular weight is 277 g/mol. The molecule has 1 aromatic carbocycles. The lowest BCUT2D eigenvalue weighted by atomic mass is 9.96. The van der Waals surface area contributed by atoms with Crippen LogP contribution in [-0.4, -0.2) is 11.9 Å². The minimum Gasteiger partial charge on any atom is -0.353 e. The molecule has 2 rings (SSSR count). The summed E-state index contributed by atoms with van der Waals surface area (Å²) in [6, 6.07) is 6.79. The van der Waals surface area contributed by atoms with Crippen LogP contribution in [0.5, 0.6) is 0 Å². The molecule has 1 N–H and O–H groups in total. The van der Waals surface area contributed by atoms with E-state index in [1.807, 2.05) is 0 Å². The van der Waals surface area contributed by atoms with Crippen LogP contribution in [0.4, 0.5) is 4.39 Å². The summed E-state index contributed by atoms with van der Waals surface area (Å²) in [5, 5.41) is 3.11. The number of benzene rings is 1. The van der Waals surface area contributed by atoms with Crippen LogP contribution in [-0.2, 0) is 11.2 Å². The Bertz CT molecular complexity index is 446. The minimum absolute atomic E-state index is 0.0523. The smallest absolute Gasteiger partial charge is 0.224 e. The lowest BCUT2D eigenvalue weighted by Crippen LogP contribution is -2.38. The third kappa shape index (κ3) is 4.06. The van der Waals surface area contributed by atoms with Crippen LogP contribution < -0.4 is 5.32 Å². The number of nitrogens with one attached hydrogen (secondary N) is 1. The van der Waals surface area contributed by atoms with E-state index in [1.165, 1.54) is 38.2 Å². The Labute approximate surface area is 120 Å². The molecular formula is C17H24FNO. The Morgan fingerprint density at radius 2 is 2.15 bits per heavy atom. The van der Waals surface area contributed by atoms with Gasteiger partial charge >= 0.3 is 0 Å². The van der Waals surface area contributed by atoms with E-state index in [0.717, 1.165) is 6.42 Å². The molecule has 0 bridgehead atoms. The summed E-state index contributed by atoms with van der Waals surface area (Å²) >= 11 is 0. The molecule has 2 nitrogen and oxygen atoms in total. The van der Waals surface area contributed by atoms with E-state index in [4.69, 9.17) is 0 Å². The fraction of sp³-hybridized carbons (Fsp3) is 0.588. The fourth-order valence-electron chi connectivity index (χ4n) is 3.11. The fourth-order valence-corrected chi connectivity index (χ4v) is 3.11. The van der Waals surface area contributed by atoms with Gasteiger partial charge in [0.2, 0.25) is 5.91 Å². The van der Waals surface area contributed by atoms with Gasteiger partial charge in [-0.25, -0.2) is 4.39 Å². The summed E-state index contributed by atoms with van der Waals surface area (Å²) < 4.78 is 13.5. The zero-order valence-corrected chi connectivity index (χ0v) is 12.2. The van der Waals surface area contributed by atoms with Gasteiger partial charge in [0.1, 0.15) is 5.82 Å². The normalized spacial score (nSPS) is 21.9. The maximum Gasteiger partial charge on any atom is 0.224 e.